The smallest absolute Gasteiger partial charge is 0.285 e. The molecule has 0 aliphatic carbocycles. The number of carbonyl (C=O) groups is 2. The fraction of sp³-hybridized carbons (Fsp3) is 0. The Morgan fingerprint density at radius 2 is 2.04 bits per heavy atom. The average Bonchev–Trinajstić information content (AvgIpc) is 3.20. The van der Waals surface area contributed by atoms with Crippen LogP contribution in [0.5, 0.6) is 0 Å². The van der Waals surface area contributed by atoms with E-state index in [0.29, 0.717) is 21.3 Å². The Labute approximate surface area is 158 Å². The van der Waals surface area contributed by atoms with Gasteiger partial charge in [-0.05, 0) is 60.8 Å². The summed E-state index contributed by atoms with van der Waals surface area (Å²) in [6, 6.07) is 9.89. The van der Waals surface area contributed by atoms with Gasteiger partial charge in [0, 0.05) is 10.6 Å². The number of hydrazine groups is 1. The van der Waals surface area contributed by atoms with Crippen molar-refractivity contribution in [3.05, 3.63) is 76.1 Å². The first kappa shape index (κ1) is 17.5. The fourth-order valence-electron chi connectivity index (χ4n) is 1.96. The van der Waals surface area contributed by atoms with E-state index < -0.39 is 5.91 Å². The average molecular weight is 391 g/mol. The zero-order valence-corrected chi connectivity index (χ0v) is 15.0. The van der Waals surface area contributed by atoms with Crippen molar-refractivity contribution < 1.29 is 14.0 Å². The van der Waals surface area contributed by atoms with Gasteiger partial charge in [0.15, 0.2) is 4.32 Å². The highest BCUT2D eigenvalue weighted by molar-refractivity contribution is 8.26. The maximum Gasteiger partial charge on any atom is 0.285 e. The number of hydrogen-bond acceptors (Lipinski definition) is 5. The first-order valence-corrected chi connectivity index (χ1v) is 8.69. The Kier molecular flexibility index (Phi) is 5.37. The first-order chi connectivity index (χ1) is 12.0. The standard InChI is InChI=1S/C17H11ClN2O3S2/c18-12-8-6-11(7-9-12)15(21)19-20-16(22)14(25-17(20)24)5-1-3-13-4-2-10-23-13/h1-10H,(H,19,21)/b3-1+,14-5-. The Balaban J connectivity index is 1.68. The summed E-state index contributed by atoms with van der Waals surface area (Å²) in [5.41, 5.74) is 2.88. The van der Waals surface area contributed by atoms with Gasteiger partial charge >= 0.3 is 0 Å². The second-order valence-corrected chi connectivity index (χ2v) is 6.97. The summed E-state index contributed by atoms with van der Waals surface area (Å²) in [4.78, 5) is 25.0. The van der Waals surface area contributed by atoms with Gasteiger partial charge in [-0.2, -0.15) is 5.01 Å². The van der Waals surface area contributed by atoms with E-state index in [1.807, 2.05) is 0 Å². The van der Waals surface area contributed by atoms with Gasteiger partial charge in [-0.25, -0.2) is 0 Å². The summed E-state index contributed by atoms with van der Waals surface area (Å²) in [6.07, 6.45) is 6.59. The highest BCUT2D eigenvalue weighted by Crippen LogP contribution is 2.29. The van der Waals surface area contributed by atoms with Crippen LogP contribution in [-0.4, -0.2) is 21.1 Å². The molecule has 1 aromatic heterocycles. The van der Waals surface area contributed by atoms with E-state index in [-0.39, 0.29) is 10.2 Å². The molecule has 1 fully saturated rings. The van der Waals surface area contributed by atoms with E-state index in [1.165, 1.54) is 0 Å². The Morgan fingerprint density at radius 3 is 2.72 bits per heavy atom. The van der Waals surface area contributed by atoms with Crippen LogP contribution in [0.4, 0.5) is 0 Å². The number of nitrogens with zero attached hydrogens (tertiary/aromatic N) is 1. The van der Waals surface area contributed by atoms with Gasteiger partial charge in [0.2, 0.25) is 0 Å². The molecule has 0 saturated carbocycles. The van der Waals surface area contributed by atoms with E-state index in [4.69, 9.17) is 28.2 Å². The molecular formula is C17H11ClN2O3S2. The van der Waals surface area contributed by atoms with E-state index in [1.54, 1.807) is 60.9 Å². The quantitative estimate of drug-likeness (QED) is 0.630. The number of allylic oxidation sites excluding steroid dienone is 2. The van der Waals surface area contributed by atoms with E-state index in [9.17, 15) is 9.59 Å². The predicted molar refractivity (Wildman–Crippen MR) is 102 cm³/mol. The number of carbonyl (C=O) groups excluding carboxylic acids is 2. The minimum absolute atomic E-state index is 0.255. The molecule has 3 rings (SSSR count). The summed E-state index contributed by atoms with van der Waals surface area (Å²) in [7, 11) is 0. The molecule has 1 saturated heterocycles. The lowest BCUT2D eigenvalue weighted by atomic mass is 10.2. The Bertz CT molecular complexity index is 874. The van der Waals surface area contributed by atoms with Crippen molar-refractivity contribution in [3.8, 4) is 0 Å². The fourth-order valence-corrected chi connectivity index (χ4v) is 3.22. The van der Waals surface area contributed by atoms with Crippen LogP contribution in [0.25, 0.3) is 6.08 Å². The molecule has 0 radical (unpaired) electrons. The number of thiocarbonyl (C=S) groups is 1. The molecule has 0 spiro atoms. The number of furan rings is 1. The molecule has 1 N–H and O–H groups in total. The number of hydrogen-bond donors (Lipinski definition) is 1. The monoisotopic (exact) mass is 390 g/mol. The molecule has 25 heavy (non-hydrogen) atoms. The molecule has 2 aromatic rings. The third-order valence-electron chi connectivity index (χ3n) is 3.16. The third-order valence-corrected chi connectivity index (χ3v) is 4.74. The van der Waals surface area contributed by atoms with Crippen LogP contribution in [0.3, 0.4) is 0 Å². The van der Waals surface area contributed by atoms with Crippen LogP contribution >= 0.6 is 35.6 Å². The Morgan fingerprint density at radius 1 is 1.28 bits per heavy atom. The van der Waals surface area contributed by atoms with Gasteiger partial charge < -0.3 is 4.42 Å². The number of thioether (sulfide) groups is 1. The van der Waals surface area contributed by atoms with Crippen molar-refractivity contribution in [2.45, 2.75) is 0 Å². The van der Waals surface area contributed by atoms with Crippen LogP contribution in [-0.2, 0) is 4.79 Å². The van der Waals surface area contributed by atoms with Gasteiger partial charge in [-0.15, -0.1) is 0 Å². The molecule has 8 heteroatoms. The summed E-state index contributed by atoms with van der Waals surface area (Å²) in [5.74, 6) is -0.162. The van der Waals surface area contributed by atoms with Gasteiger partial charge in [-0.1, -0.05) is 29.4 Å². The number of rotatable bonds is 4. The van der Waals surface area contributed by atoms with Gasteiger partial charge in [0.25, 0.3) is 11.8 Å². The molecule has 1 aliphatic rings. The zero-order valence-electron chi connectivity index (χ0n) is 12.6. The molecule has 0 unspecified atom stereocenters. The Hall–Kier alpha value is -2.35. The van der Waals surface area contributed by atoms with Gasteiger partial charge in [0.1, 0.15) is 5.76 Å². The lowest BCUT2D eigenvalue weighted by molar-refractivity contribution is -0.123. The highest BCUT2D eigenvalue weighted by atomic mass is 35.5. The lowest BCUT2D eigenvalue weighted by Gasteiger charge is -2.15. The predicted octanol–water partition coefficient (Wildman–Crippen LogP) is 4.04. The van der Waals surface area contributed by atoms with Gasteiger partial charge in [0.05, 0.1) is 11.2 Å². The van der Waals surface area contributed by atoms with Crippen LogP contribution in [0.15, 0.2) is 64.1 Å². The second-order valence-electron chi connectivity index (χ2n) is 4.86. The maximum absolute atomic E-state index is 12.4. The van der Waals surface area contributed by atoms with Crippen molar-refractivity contribution in [2.24, 2.45) is 0 Å². The lowest BCUT2D eigenvalue weighted by Crippen LogP contribution is -2.44. The van der Waals surface area contributed by atoms with Crippen molar-refractivity contribution in [1.29, 1.82) is 0 Å². The molecule has 2 heterocycles. The number of halogens is 1. The maximum atomic E-state index is 12.4. The summed E-state index contributed by atoms with van der Waals surface area (Å²) in [6.45, 7) is 0. The van der Waals surface area contributed by atoms with Crippen molar-refractivity contribution in [2.75, 3.05) is 0 Å². The molecule has 126 valence electrons. The summed E-state index contributed by atoms with van der Waals surface area (Å²) >= 11 is 12.1. The third kappa shape index (κ3) is 4.19. The molecule has 1 aromatic carbocycles. The SMILES string of the molecule is O=C(NN1C(=O)/C(=C/C=C/c2ccco2)SC1=S)c1ccc(Cl)cc1. The molecule has 1 aliphatic heterocycles. The van der Waals surface area contributed by atoms with Crippen molar-refractivity contribution in [3.63, 3.8) is 0 Å². The molecule has 0 bridgehead atoms. The molecule has 5 nitrogen and oxygen atoms in total. The molecular weight excluding hydrogens is 380 g/mol. The normalized spacial score (nSPS) is 16.2. The van der Waals surface area contributed by atoms with E-state index >= 15 is 0 Å². The summed E-state index contributed by atoms with van der Waals surface area (Å²) < 4.78 is 5.42. The number of amides is 2. The van der Waals surface area contributed by atoms with Crippen molar-refractivity contribution >= 4 is 57.8 Å². The first-order valence-electron chi connectivity index (χ1n) is 7.09. The highest BCUT2D eigenvalue weighted by Gasteiger charge is 2.33. The largest absolute Gasteiger partial charge is 0.465 e. The van der Waals surface area contributed by atoms with E-state index in [0.717, 1.165) is 16.8 Å². The molecule has 2 amide bonds. The number of nitrogens with one attached hydrogen (secondary N) is 1. The van der Waals surface area contributed by atoms with Crippen molar-refractivity contribution in [1.82, 2.24) is 10.4 Å². The topological polar surface area (TPSA) is 62.6 Å². The second kappa shape index (κ2) is 7.69. The number of benzene rings is 1. The van der Waals surface area contributed by atoms with Crippen LogP contribution in [0, 0.1) is 0 Å². The minimum atomic E-state index is -0.444. The van der Waals surface area contributed by atoms with Crippen LogP contribution in [0.2, 0.25) is 5.02 Å². The minimum Gasteiger partial charge on any atom is -0.465 e. The van der Waals surface area contributed by atoms with Gasteiger partial charge in [-0.3, -0.25) is 15.0 Å². The van der Waals surface area contributed by atoms with Crippen LogP contribution < -0.4 is 5.43 Å². The zero-order chi connectivity index (χ0) is 17.8. The molecule has 0 atom stereocenters. The van der Waals surface area contributed by atoms with E-state index in [2.05, 4.69) is 5.43 Å². The summed E-state index contributed by atoms with van der Waals surface area (Å²) in [5, 5.41) is 1.58. The van der Waals surface area contributed by atoms with Crippen LogP contribution in [0.1, 0.15) is 16.1 Å².